The van der Waals surface area contributed by atoms with Crippen LogP contribution in [0.15, 0.2) is 71.1 Å². The third-order valence-corrected chi connectivity index (χ3v) is 8.49. The molecule has 228 valence electrons. The highest BCUT2D eigenvalue weighted by molar-refractivity contribution is 7.87. The van der Waals surface area contributed by atoms with Crippen LogP contribution in [0.4, 0.5) is 0 Å². The Hall–Kier alpha value is -4.15. The zero-order valence-electron chi connectivity index (χ0n) is 25.0. The number of benzene rings is 3. The lowest BCUT2D eigenvalue weighted by Crippen LogP contribution is -2.15. The largest absolute Gasteiger partial charge is 0.496 e. The molecule has 1 aliphatic heterocycles. The van der Waals surface area contributed by atoms with Crippen molar-refractivity contribution in [1.82, 2.24) is 0 Å². The molecule has 1 heterocycles. The van der Waals surface area contributed by atoms with E-state index in [1.54, 1.807) is 19.1 Å². The average Bonchev–Trinajstić information content (AvgIpc) is 3.33. The summed E-state index contributed by atoms with van der Waals surface area (Å²) in [5, 5.41) is 0. The molecule has 0 spiro atoms. The van der Waals surface area contributed by atoms with Crippen molar-refractivity contribution in [3.8, 4) is 11.5 Å². The predicted octanol–water partition coefficient (Wildman–Crippen LogP) is 5.95. The van der Waals surface area contributed by atoms with Crippen LogP contribution < -0.4 is 8.92 Å². The standard InChI is InChI=1S/C33H36O9S/c1-21-11-15-25(16-12-21)43(36,37)42-32-26(17-13-22(2)14-18-28(34)38-4)31(39-5)23(3)29-27(41-33(35)30(29)32)20-40-19-24-9-7-6-8-10-24/h6-13,15-16,27H,14,17-20H2,1-5H3/b22-13+. The number of rotatable bonds is 13. The summed E-state index contributed by atoms with van der Waals surface area (Å²) < 4.78 is 55.0. The van der Waals surface area contributed by atoms with E-state index in [0.29, 0.717) is 35.5 Å². The molecule has 0 saturated heterocycles. The number of esters is 2. The number of aryl methyl sites for hydroxylation is 1. The molecule has 43 heavy (non-hydrogen) atoms. The molecule has 0 fully saturated rings. The molecule has 0 aromatic heterocycles. The highest BCUT2D eigenvalue weighted by atomic mass is 32.2. The molecule has 1 atom stereocenters. The van der Waals surface area contributed by atoms with Gasteiger partial charge in [0.05, 0.1) is 27.4 Å². The molecular formula is C33H36O9S. The summed E-state index contributed by atoms with van der Waals surface area (Å²) in [5.41, 5.74) is 4.18. The Balaban J connectivity index is 1.77. The SMILES string of the molecule is COC(=O)CC/C(C)=C/Cc1c(OC)c(C)c2c(c1OS(=O)(=O)c1ccc(C)cc1)C(=O)OC2COCc1ccccc1. The Morgan fingerprint density at radius 1 is 0.977 bits per heavy atom. The van der Waals surface area contributed by atoms with E-state index in [9.17, 15) is 18.0 Å². The average molecular weight is 609 g/mol. The van der Waals surface area contributed by atoms with Crippen molar-refractivity contribution in [3.63, 3.8) is 0 Å². The highest BCUT2D eigenvalue weighted by Crippen LogP contribution is 2.47. The number of carbonyl (C=O) groups excluding carboxylic acids is 2. The van der Waals surface area contributed by atoms with E-state index in [1.807, 2.05) is 50.3 Å². The van der Waals surface area contributed by atoms with Crippen LogP contribution in [0.25, 0.3) is 0 Å². The first kappa shape index (κ1) is 31.8. The van der Waals surface area contributed by atoms with Crippen LogP contribution in [-0.2, 0) is 42.2 Å². The molecule has 0 aliphatic carbocycles. The molecule has 1 aliphatic rings. The number of hydrogen-bond acceptors (Lipinski definition) is 9. The number of carbonyl (C=O) groups is 2. The van der Waals surface area contributed by atoms with E-state index in [2.05, 4.69) is 0 Å². The van der Waals surface area contributed by atoms with E-state index in [-0.39, 0.29) is 41.6 Å². The van der Waals surface area contributed by atoms with Gasteiger partial charge in [0.1, 0.15) is 16.2 Å². The minimum absolute atomic E-state index is 0.0258. The van der Waals surface area contributed by atoms with Gasteiger partial charge in [-0.15, -0.1) is 0 Å². The molecule has 0 amide bonds. The number of hydrogen-bond donors (Lipinski definition) is 0. The second-order valence-corrected chi connectivity index (χ2v) is 11.9. The highest BCUT2D eigenvalue weighted by Gasteiger charge is 2.41. The summed E-state index contributed by atoms with van der Waals surface area (Å²) in [4.78, 5) is 25.0. The molecule has 0 radical (unpaired) electrons. The van der Waals surface area contributed by atoms with Gasteiger partial charge < -0.3 is 23.1 Å². The Kier molecular flexibility index (Phi) is 10.3. The number of allylic oxidation sites excluding steroid dienone is 2. The van der Waals surface area contributed by atoms with Gasteiger partial charge in [0.25, 0.3) is 0 Å². The number of cyclic esters (lactones) is 1. The van der Waals surface area contributed by atoms with Gasteiger partial charge in [0, 0.05) is 17.5 Å². The Labute approximate surface area is 252 Å². The Morgan fingerprint density at radius 3 is 2.33 bits per heavy atom. The monoisotopic (exact) mass is 608 g/mol. The van der Waals surface area contributed by atoms with Crippen molar-refractivity contribution in [2.75, 3.05) is 20.8 Å². The predicted molar refractivity (Wildman–Crippen MR) is 160 cm³/mol. The fourth-order valence-electron chi connectivity index (χ4n) is 4.94. The topological polar surface area (TPSA) is 114 Å². The van der Waals surface area contributed by atoms with Gasteiger partial charge >= 0.3 is 22.1 Å². The summed E-state index contributed by atoms with van der Waals surface area (Å²) in [5.74, 6) is -0.826. The third kappa shape index (κ3) is 7.44. The van der Waals surface area contributed by atoms with E-state index >= 15 is 0 Å². The van der Waals surface area contributed by atoms with Crippen molar-refractivity contribution in [3.05, 3.63) is 99.6 Å². The van der Waals surface area contributed by atoms with E-state index < -0.39 is 22.2 Å². The van der Waals surface area contributed by atoms with Crippen molar-refractivity contribution < 1.29 is 41.1 Å². The van der Waals surface area contributed by atoms with Crippen LogP contribution >= 0.6 is 0 Å². The summed E-state index contributed by atoms with van der Waals surface area (Å²) >= 11 is 0. The molecular weight excluding hydrogens is 572 g/mol. The minimum Gasteiger partial charge on any atom is -0.496 e. The minimum atomic E-state index is -4.35. The van der Waals surface area contributed by atoms with E-state index in [4.69, 9.17) is 23.1 Å². The lowest BCUT2D eigenvalue weighted by atomic mass is 9.92. The van der Waals surface area contributed by atoms with Crippen LogP contribution in [0, 0.1) is 13.8 Å². The molecule has 0 bridgehead atoms. The molecule has 1 unspecified atom stereocenters. The zero-order valence-corrected chi connectivity index (χ0v) is 25.8. The van der Waals surface area contributed by atoms with Gasteiger partial charge in [-0.2, -0.15) is 8.42 Å². The summed E-state index contributed by atoms with van der Waals surface area (Å²) in [7, 11) is -1.54. The maximum absolute atomic E-state index is 13.5. The molecule has 9 nitrogen and oxygen atoms in total. The van der Waals surface area contributed by atoms with Gasteiger partial charge in [0.15, 0.2) is 11.9 Å². The molecule has 4 rings (SSSR count). The number of ether oxygens (including phenoxy) is 4. The molecule has 0 N–H and O–H groups in total. The second kappa shape index (κ2) is 13.9. The first-order chi connectivity index (χ1) is 20.6. The number of methoxy groups -OCH3 is 2. The van der Waals surface area contributed by atoms with Gasteiger partial charge in [-0.25, -0.2) is 4.79 Å². The van der Waals surface area contributed by atoms with Crippen LogP contribution in [0.1, 0.15) is 64.0 Å². The summed E-state index contributed by atoms with van der Waals surface area (Å²) in [6.45, 7) is 5.85. The lowest BCUT2D eigenvalue weighted by Gasteiger charge is -2.21. The zero-order chi connectivity index (χ0) is 31.1. The van der Waals surface area contributed by atoms with Crippen molar-refractivity contribution in [1.29, 1.82) is 0 Å². The van der Waals surface area contributed by atoms with Gasteiger partial charge in [-0.05, 0) is 56.9 Å². The van der Waals surface area contributed by atoms with Gasteiger partial charge in [-0.1, -0.05) is 59.7 Å². The molecule has 0 saturated carbocycles. The quantitative estimate of drug-likeness (QED) is 0.132. The second-order valence-electron chi connectivity index (χ2n) is 10.3. The van der Waals surface area contributed by atoms with E-state index in [1.165, 1.54) is 26.4 Å². The van der Waals surface area contributed by atoms with Crippen LogP contribution in [0.3, 0.4) is 0 Å². The van der Waals surface area contributed by atoms with Crippen LogP contribution in [-0.4, -0.2) is 41.2 Å². The third-order valence-electron chi connectivity index (χ3n) is 7.26. The fourth-order valence-corrected chi connectivity index (χ4v) is 5.91. The molecule has 3 aromatic carbocycles. The maximum Gasteiger partial charge on any atom is 0.343 e. The van der Waals surface area contributed by atoms with Gasteiger partial charge in [0.2, 0.25) is 0 Å². The van der Waals surface area contributed by atoms with Gasteiger partial charge in [-0.3, -0.25) is 4.79 Å². The lowest BCUT2D eigenvalue weighted by molar-refractivity contribution is -0.140. The smallest absolute Gasteiger partial charge is 0.343 e. The first-order valence-electron chi connectivity index (χ1n) is 13.8. The number of fused-ring (bicyclic) bond motifs is 1. The van der Waals surface area contributed by atoms with Crippen molar-refractivity contribution >= 4 is 22.1 Å². The fraction of sp³-hybridized carbons (Fsp3) is 0.333. The molecule has 10 heteroatoms. The normalized spacial score (nSPS) is 14.7. The van der Waals surface area contributed by atoms with Crippen molar-refractivity contribution in [2.45, 2.75) is 57.6 Å². The molecule has 3 aromatic rings. The summed E-state index contributed by atoms with van der Waals surface area (Å²) in [6, 6.07) is 15.8. The van der Waals surface area contributed by atoms with E-state index in [0.717, 1.165) is 16.7 Å². The summed E-state index contributed by atoms with van der Waals surface area (Å²) in [6.07, 6.45) is 1.86. The Bertz CT molecular complexity index is 1610. The van der Waals surface area contributed by atoms with Crippen LogP contribution in [0.5, 0.6) is 11.5 Å². The Morgan fingerprint density at radius 2 is 1.67 bits per heavy atom. The van der Waals surface area contributed by atoms with Crippen LogP contribution in [0.2, 0.25) is 0 Å². The van der Waals surface area contributed by atoms with Crippen molar-refractivity contribution in [2.24, 2.45) is 0 Å². The first-order valence-corrected chi connectivity index (χ1v) is 15.3. The maximum atomic E-state index is 13.5.